The number of amides is 1. The van der Waals surface area contributed by atoms with Crippen molar-refractivity contribution in [2.75, 3.05) is 5.32 Å². The van der Waals surface area contributed by atoms with E-state index in [-0.39, 0.29) is 27.7 Å². The van der Waals surface area contributed by atoms with Crippen molar-refractivity contribution < 1.29 is 14.1 Å². The number of non-ortho nitro benzene ring substituents is 1. The van der Waals surface area contributed by atoms with Crippen LogP contribution in [0.1, 0.15) is 5.76 Å². The molecule has 7 nitrogen and oxygen atoms in total. The number of benzene rings is 2. The van der Waals surface area contributed by atoms with Gasteiger partial charge in [0, 0.05) is 23.8 Å². The molecule has 0 radical (unpaired) electrons. The third-order valence-corrected chi connectivity index (χ3v) is 4.95. The second kappa shape index (κ2) is 9.01. The van der Waals surface area contributed by atoms with E-state index in [1.54, 1.807) is 36.4 Å². The van der Waals surface area contributed by atoms with Crippen molar-refractivity contribution in [3.8, 4) is 17.4 Å². The molecular weight excluding hydrogens is 453 g/mol. The lowest BCUT2D eigenvalue weighted by molar-refractivity contribution is -0.384. The smallest absolute Gasteiger partial charge is 0.271 e. The lowest BCUT2D eigenvalue weighted by Crippen LogP contribution is -2.13. The molecule has 0 unspecified atom stereocenters. The molecule has 150 valence electrons. The number of nitrogens with zero attached hydrogens (tertiary/aromatic N) is 2. The minimum Gasteiger partial charge on any atom is -0.457 e. The van der Waals surface area contributed by atoms with Gasteiger partial charge >= 0.3 is 0 Å². The Morgan fingerprint density at radius 1 is 1.07 bits per heavy atom. The second-order valence-electron chi connectivity index (χ2n) is 5.88. The summed E-state index contributed by atoms with van der Waals surface area (Å²) < 4.78 is 5.65. The zero-order valence-corrected chi connectivity index (χ0v) is 17.1. The number of carbonyl (C=O) groups excluding carboxylic acids is 1. The Morgan fingerprint density at radius 3 is 2.47 bits per heavy atom. The molecule has 0 saturated carbocycles. The van der Waals surface area contributed by atoms with Crippen LogP contribution in [0.25, 0.3) is 17.4 Å². The van der Waals surface area contributed by atoms with Gasteiger partial charge in [0.15, 0.2) is 0 Å². The molecule has 0 saturated heterocycles. The molecule has 1 amide bonds. The van der Waals surface area contributed by atoms with Gasteiger partial charge in [-0.15, -0.1) is 0 Å². The fraction of sp³-hybridized carbons (Fsp3) is 0. The number of hydrogen-bond donors (Lipinski definition) is 1. The van der Waals surface area contributed by atoms with Crippen LogP contribution in [0, 0.1) is 21.4 Å². The van der Waals surface area contributed by atoms with Crippen LogP contribution in [0.4, 0.5) is 11.4 Å². The van der Waals surface area contributed by atoms with Crippen LogP contribution in [0.3, 0.4) is 0 Å². The zero-order chi connectivity index (χ0) is 21.8. The molecule has 3 rings (SSSR count). The van der Waals surface area contributed by atoms with Gasteiger partial charge in [0.25, 0.3) is 11.6 Å². The second-order valence-corrected chi connectivity index (χ2v) is 7.10. The summed E-state index contributed by atoms with van der Waals surface area (Å²) in [6.45, 7) is 0. The molecule has 0 aliphatic carbocycles. The first-order chi connectivity index (χ1) is 14.3. The van der Waals surface area contributed by atoms with Gasteiger partial charge in [-0.2, -0.15) is 5.26 Å². The number of nitrogens with one attached hydrogen (secondary N) is 1. The summed E-state index contributed by atoms with van der Waals surface area (Å²) in [6.07, 6.45) is 1.26. The maximum absolute atomic E-state index is 12.4. The molecule has 0 atom stereocenters. The fourth-order valence-corrected chi connectivity index (χ4v) is 2.95. The lowest BCUT2D eigenvalue weighted by atomic mass is 10.2. The van der Waals surface area contributed by atoms with E-state index in [2.05, 4.69) is 5.32 Å². The van der Waals surface area contributed by atoms with Crippen molar-refractivity contribution in [3.63, 3.8) is 0 Å². The van der Waals surface area contributed by atoms with Gasteiger partial charge in [0.1, 0.15) is 23.2 Å². The molecule has 2 aromatic carbocycles. The molecule has 10 heteroatoms. The monoisotopic (exact) mass is 461 g/mol. The Labute approximate surface area is 185 Å². The number of carbonyl (C=O) groups is 1. The van der Waals surface area contributed by atoms with Crippen LogP contribution in [0.15, 0.2) is 58.5 Å². The number of anilines is 1. The van der Waals surface area contributed by atoms with E-state index in [1.807, 2.05) is 0 Å². The predicted molar refractivity (Wildman–Crippen MR) is 114 cm³/mol. The molecule has 0 aliphatic heterocycles. The summed E-state index contributed by atoms with van der Waals surface area (Å²) in [4.78, 5) is 22.6. The van der Waals surface area contributed by atoms with Crippen molar-refractivity contribution in [3.05, 3.63) is 85.0 Å². The maximum Gasteiger partial charge on any atom is 0.271 e. The van der Waals surface area contributed by atoms with Gasteiger partial charge in [0.2, 0.25) is 0 Å². The van der Waals surface area contributed by atoms with Crippen LogP contribution in [0.2, 0.25) is 15.1 Å². The van der Waals surface area contributed by atoms with Crippen LogP contribution >= 0.6 is 34.8 Å². The highest BCUT2D eigenvalue weighted by atomic mass is 35.5. The molecule has 0 bridgehead atoms. The summed E-state index contributed by atoms with van der Waals surface area (Å²) in [6, 6.07) is 13.6. The number of nitro benzene ring substituents is 1. The van der Waals surface area contributed by atoms with Crippen LogP contribution < -0.4 is 5.32 Å². The summed E-state index contributed by atoms with van der Waals surface area (Å²) in [7, 11) is 0. The van der Waals surface area contributed by atoms with E-state index in [0.29, 0.717) is 21.4 Å². The first kappa shape index (κ1) is 21.4. The van der Waals surface area contributed by atoms with Crippen LogP contribution in [0.5, 0.6) is 0 Å². The minimum absolute atomic E-state index is 0.0326. The highest BCUT2D eigenvalue weighted by molar-refractivity contribution is 6.42. The summed E-state index contributed by atoms with van der Waals surface area (Å²) in [5, 5.41) is 23.3. The Bertz CT molecular complexity index is 1230. The van der Waals surface area contributed by atoms with E-state index in [4.69, 9.17) is 39.2 Å². The minimum atomic E-state index is -0.749. The van der Waals surface area contributed by atoms with E-state index in [0.717, 1.165) is 6.07 Å². The molecule has 30 heavy (non-hydrogen) atoms. The van der Waals surface area contributed by atoms with Gasteiger partial charge in [-0.3, -0.25) is 14.9 Å². The summed E-state index contributed by atoms with van der Waals surface area (Å²) in [5.74, 6) is -0.0192. The summed E-state index contributed by atoms with van der Waals surface area (Å²) in [5.41, 5.74) is 0.327. The predicted octanol–water partition coefficient (Wildman–Crippen LogP) is 6.36. The number of hydrogen-bond acceptors (Lipinski definition) is 5. The van der Waals surface area contributed by atoms with Crippen molar-refractivity contribution in [1.82, 2.24) is 0 Å². The highest BCUT2D eigenvalue weighted by Crippen LogP contribution is 2.30. The molecular formula is C20H10Cl3N3O4. The third-order valence-electron chi connectivity index (χ3n) is 3.89. The van der Waals surface area contributed by atoms with E-state index < -0.39 is 10.8 Å². The fourth-order valence-electron chi connectivity index (χ4n) is 2.43. The molecule has 1 N–H and O–H groups in total. The lowest BCUT2D eigenvalue weighted by Gasteiger charge is -2.06. The normalized spacial score (nSPS) is 11.1. The number of nitriles is 1. The topological polar surface area (TPSA) is 109 Å². The van der Waals surface area contributed by atoms with Gasteiger partial charge in [-0.05, 0) is 36.4 Å². The van der Waals surface area contributed by atoms with Crippen LogP contribution in [-0.2, 0) is 4.79 Å². The molecule has 0 aliphatic rings. The Morgan fingerprint density at radius 2 is 1.83 bits per heavy atom. The molecule has 0 fully saturated rings. The third kappa shape index (κ3) is 4.81. The molecule has 3 aromatic rings. The highest BCUT2D eigenvalue weighted by Gasteiger charge is 2.15. The average molecular weight is 463 g/mol. The Balaban J connectivity index is 1.81. The summed E-state index contributed by atoms with van der Waals surface area (Å²) >= 11 is 17.9. The molecule has 1 heterocycles. The van der Waals surface area contributed by atoms with E-state index >= 15 is 0 Å². The zero-order valence-electron chi connectivity index (χ0n) is 14.9. The van der Waals surface area contributed by atoms with E-state index in [1.165, 1.54) is 18.2 Å². The van der Waals surface area contributed by atoms with Gasteiger partial charge in [-0.25, -0.2) is 0 Å². The Kier molecular flexibility index (Phi) is 6.43. The SMILES string of the molecule is N#CC(=Cc1ccc(-c2ccc(Cl)c(Cl)c2)o1)C(=O)Nc1ccc([N+](=O)[O-])cc1Cl. The number of rotatable bonds is 5. The first-order valence-corrected chi connectivity index (χ1v) is 9.34. The first-order valence-electron chi connectivity index (χ1n) is 8.21. The maximum atomic E-state index is 12.4. The number of nitro groups is 1. The van der Waals surface area contributed by atoms with Crippen molar-refractivity contribution >= 4 is 58.2 Å². The average Bonchev–Trinajstić information content (AvgIpc) is 3.18. The molecule has 0 spiro atoms. The molecule has 1 aromatic heterocycles. The quantitative estimate of drug-likeness (QED) is 0.205. The number of furan rings is 1. The van der Waals surface area contributed by atoms with Crippen LogP contribution in [-0.4, -0.2) is 10.8 Å². The largest absolute Gasteiger partial charge is 0.457 e. The van der Waals surface area contributed by atoms with Crippen molar-refractivity contribution in [2.24, 2.45) is 0 Å². The standard InChI is InChI=1S/C20H10Cl3N3O4/c21-15-4-1-11(8-16(15)22)19-6-3-14(30-19)7-12(10-24)20(27)25-18-5-2-13(26(28)29)9-17(18)23/h1-9H,(H,25,27). The van der Waals surface area contributed by atoms with Gasteiger partial charge in [-0.1, -0.05) is 34.8 Å². The van der Waals surface area contributed by atoms with E-state index in [9.17, 15) is 20.2 Å². The van der Waals surface area contributed by atoms with Crippen molar-refractivity contribution in [1.29, 1.82) is 5.26 Å². The van der Waals surface area contributed by atoms with Gasteiger partial charge in [0.05, 0.1) is 25.7 Å². The van der Waals surface area contributed by atoms with Gasteiger partial charge < -0.3 is 9.73 Å². The number of halogens is 3. The van der Waals surface area contributed by atoms with Crippen molar-refractivity contribution in [2.45, 2.75) is 0 Å². The Hall–Kier alpha value is -3.31.